The highest BCUT2D eigenvalue weighted by molar-refractivity contribution is 5.86. The maximum Gasteiger partial charge on any atom is 0.240 e. The van der Waals surface area contributed by atoms with Crippen molar-refractivity contribution in [3.63, 3.8) is 0 Å². The Morgan fingerprint density at radius 1 is 1.56 bits per heavy atom. The number of aryl methyl sites for hydroxylation is 1. The highest BCUT2D eigenvalue weighted by atomic mass is 16.5. The summed E-state index contributed by atoms with van der Waals surface area (Å²) in [6, 6.07) is -0.283. The highest BCUT2D eigenvalue weighted by Gasteiger charge is 2.36. The molecule has 0 radical (unpaired) electrons. The summed E-state index contributed by atoms with van der Waals surface area (Å²) in [4.78, 5) is 16.2. The van der Waals surface area contributed by atoms with Crippen molar-refractivity contribution in [2.75, 3.05) is 13.2 Å². The molecule has 1 amide bonds. The molecule has 1 saturated heterocycles. The summed E-state index contributed by atoms with van der Waals surface area (Å²) in [6.07, 6.45) is 2.71. The molecule has 100 valence electrons. The molecule has 1 aromatic rings. The minimum Gasteiger partial charge on any atom is -0.444 e. The lowest BCUT2D eigenvalue weighted by molar-refractivity contribution is -0.130. The molecule has 1 aromatic heterocycles. The summed E-state index contributed by atoms with van der Waals surface area (Å²) in [5.74, 6) is 1.05. The van der Waals surface area contributed by atoms with E-state index in [9.17, 15) is 4.79 Å². The number of hydrogen-bond acceptors (Lipinski definition) is 5. The fraction of sp³-hybridized carbons (Fsp3) is 0.667. The number of hydrogen-bond donors (Lipinski definition) is 2. The smallest absolute Gasteiger partial charge is 0.240 e. The molecular weight excluding hydrogens is 234 g/mol. The molecule has 0 aromatic carbocycles. The number of nitrogens with two attached hydrogens (primary N) is 1. The second-order valence-corrected chi connectivity index (χ2v) is 4.77. The molecule has 2 rings (SSSR count). The second kappa shape index (κ2) is 5.07. The number of carbonyl (C=O) groups excluding carboxylic acids is 1. The molecule has 6 heteroatoms. The van der Waals surface area contributed by atoms with Crippen LogP contribution in [0.25, 0.3) is 0 Å². The number of amides is 1. The van der Waals surface area contributed by atoms with E-state index in [1.807, 2.05) is 13.8 Å². The predicted molar refractivity (Wildman–Crippen MR) is 64.8 cm³/mol. The SMILES string of the molecule is Cc1cnc(C(C)NC(=O)C2(N)CCOCC2)o1. The van der Waals surface area contributed by atoms with Crippen molar-refractivity contribution in [2.45, 2.75) is 38.3 Å². The molecule has 18 heavy (non-hydrogen) atoms. The first-order valence-electron chi connectivity index (χ1n) is 6.11. The van der Waals surface area contributed by atoms with Gasteiger partial charge in [0.1, 0.15) is 11.8 Å². The first kappa shape index (κ1) is 13.0. The van der Waals surface area contributed by atoms with E-state index in [0.29, 0.717) is 31.9 Å². The van der Waals surface area contributed by atoms with Gasteiger partial charge in [-0.2, -0.15) is 0 Å². The van der Waals surface area contributed by atoms with E-state index in [1.54, 1.807) is 6.20 Å². The van der Waals surface area contributed by atoms with Crippen molar-refractivity contribution in [1.29, 1.82) is 0 Å². The number of oxazole rings is 1. The summed E-state index contributed by atoms with van der Waals surface area (Å²) < 4.78 is 10.6. The van der Waals surface area contributed by atoms with Crippen molar-refractivity contribution >= 4 is 5.91 Å². The lowest BCUT2D eigenvalue weighted by atomic mass is 9.90. The van der Waals surface area contributed by atoms with Crippen molar-refractivity contribution in [1.82, 2.24) is 10.3 Å². The zero-order chi connectivity index (χ0) is 13.2. The number of nitrogens with zero attached hydrogens (tertiary/aromatic N) is 1. The zero-order valence-corrected chi connectivity index (χ0v) is 10.7. The van der Waals surface area contributed by atoms with Gasteiger partial charge in [0.2, 0.25) is 11.8 Å². The fourth-order valence-corrected chi connectivity index (χ4v) is 1.94. The molecule has 1 unspecified atom stereocenters. The molecule has 1 aliphatic rings. The van der Waals surface area contributed by atoms with Crippen molar-refractivity contribution < 1.29 is 13.9 Å². The van der Waals surface area contributed by atoms with Crippen LogP contribution in [0.15, 0.2) is 10.6 Å². The van der Waals surface area contributed by atoms with Crippen molar-refractivity contribution in [2.24, 2.45) is 5.73 Å². The van der Waals surface area contributed by atoms with Crippen LogP contribution in [0.3, 0.4) is 0 Å². The van der Waals surface area contributed by atoms with Gasteiger partial charge in [-0.1, -0.05) is 0 Å². The Labute approximate surface area is 106 Å². The molecule has 2 heterocycles. The lowest BCUT2D eigenvalue weighted by Gasteiger charge is -2.32. The van der Waals surface area contributed by atoms with Gasteiger partial charge in [-0.05, 0) is 26.7 Å². The van der Waals surface area contributed by atoms with Crippen LogP contribution in [0, 0.1) is 6.92 Å². The predicted octanol–water partition coefficient (Wildman–Crippen LogP) is 0.668. The third kappa shape index (κ3) is 2.70. The minimum atomic E-state index is -0.839. The minimum absolute atomic E-state index is 0.172. The van der Waals surface area contributed by atoms with Crippen LogP contribution in [0.5, 0.6) is 0 Å². The van der Waals surface area contributed by atoms with E-state index < -0.39 is 5.54 Å². The molecule has 0 saturated carbocycles. The molecule has 0 spiro atoms. The fourth-order valence-electron chi connectivity index (χ4n) is 1.94. The van der Waals surface area contributed by atoms with Crippen LogP contribution >= 0.6 is 0 Å². The standard InChI is InChI=1S/C12H19N3O3/c1-8-7-14-10(18-8)9(2)15-11(16)12(13)3-5-17-6-4-12/h7,9H,3-6,13H2,1-2H3,(H,15,16). The molecule has 1 fully saturated rings. The van der Waals surface area contributed by atoms with Gasteiger partial charge in [0.05, 0.1) is 11.7 Å². The van der Waals surface area contributed by atoms with Gasteiger partial charge in [0, 0.05) is 13.2 Å². The van der Waals surface area contributed by atoms with Crippen molar-refractivity contribution in [3.8, 4) is 0 Å². The van der Waals surface area contributed by atoms with Gasteiger partial charge in [0.25, 0.3) is 0 Å². The van der Waals surface area contributed by atoms with Crippen LogP contribution in [0.4, 0.5) is 0 Å². The molecular formula is C12H19N3O3. The van der Waals surface area contributed by atoms with E-state index in [4.69, 9.17) is 14.9 Å². The van der Waals surface area contributed by atoms with Crippen LogP contribution in [0.1, 0.15) is 37.5 Å². The summed E-state index contributed by atoms with van der Waals surface area (Å²) >= 11 is 0. The van der Waals surface area contributed by atoms with Gasteiger partial charge in [0.15, 0.2) is 0 Å². The summed E-state index contributed by atoms with van der Waals surface area (Å²) in [6.45, 7) is 4.69. The average Bonchev–Trinajstić information content (AvgIpc) is 2.77. The maximum atomic E-state index is 12.1. The number of aromatic nitrogens is 1. The Morgan fingerprint density at radius 3 is 2.78 bits per heavy atom. The van der Waals surface area contributed by atoms with Crippen LogP contribution in [-0.2, 0) is 9.53 Å². The lowest BCUT2D eigenvalue weighted by Crippen LogP contribution is -2.57. The molecule has 0 aliphatic carbocycles. The zero-order valence-electron chi connectivity index (χ0n) is 10.7. The second-order valence-electron chi connectivity index (χ2n) is 4.77. The first-order valence-corrected chi connectivity index (χ1v) is 6.11. The highest BCUT2D eigenvalue weighted by Crippen LogP contribution is 2.20. The van der Waals surface area contributed by atoms with Gasteiger partial charge in [-0.15, -0.1) is 0 Å². The van der Waals surface area contributed by atoms with E-state index in [-0.39, 0.29) is 11.9 Å². The monoisotopic (exact) mass is 253 g/mol. The summed E-state index contributed by atoms with van der Waals surface area (Å²) in [5.41, 5.74) is 5.25. The maximum absolute atomic E-state index is 12.1. The van der Waals surface area contributed by atoms with Gasteiger partial charge < -0.3 is 20.2 Å². The number of nitrogens with one attached hydrogen (secondary N) is 1. The Hall–Kier alpha value is -1.40. The molecule has 6 nitrogen and oxygen atoms in total. The van der Waals surface area contributed by atoms with Crippen LogP contribution < -0.4 is 11.1 Å². The Kier molecular flexibility index (Phi) is 3.68. The topological polar surface area (TPSA) is 90.4 Å². The van der Waals surface area contributed by atoms with Crippen LogP contribution in [0.2, 0.25) is 0 Å². The van der Waals surface area contributed by atoms with Crippen LogP contribution in [-0.4, -0.2) is 29.6 Å². The summed E-state index contributed by atoms with van der Waals surface area (Å²) in [7, 11) is 0. The Balaban J connectivity index is 1.98. The van der Waals surface area contributed by atoms with Gasteiger partial charge in [-0.3, -0.25) is 4.79 Å². The number of ether oxygens (including phenoxy) is 1. The van der Waals surface area contributed by atoms with E-state index >= 15 is 0 Å². The third-order valence-corrected chi connectivity index (χ3v) is 3.19. The number of carbonyl (C=O) groups is 1. The average molecular weight is 253 g/mol. The van der Waals surface area contributed by atoms with E-state index in [1.165, 1.54) is 0 Å². The molecule has 1 aliphatic heterocycles. The van der Waals surface area contributed by atoms with Gasteiger partial charge in [-0.25, -0.2) is 4.98 Å². The molecule has 1 atom stereocenters. The Morgan fingerprint density at radius 2 is 2.22 bits per heavy atom. The quantitative estimate of drug-likeness (QED) is 0.826. The summed E-state index contributed by atoms with van der Waals surface area (Å²) in [5, 5.41) is 2.84. The Bertz CT molecular complexity index is 424. The first-order chi connectivity index (χ1) is 8.51. The normalized spacial score (nSPS) is 20.4. The molecule has 0 bridgehead atoms. The van der Waals surface area contributed by atoms with E-state index in [0.717, 1.165) is 5.76 Å². The largest absolute Gasteiger partial charge is 0.444 e. The van der Waals surface area contributed by atoms with Gasteiger partial charge >= 0.3 is 0 Å². The third-order valence-electron chi connectivity index (χ3n) is 3.19. The van der Waals surface area contributed by atoms with Crippen molar-refractivity contribution in [3.05, 3.63) is 17.8 Å². The number of rotatable bonds is 3. The van der Waals surface area contributed by atoms with E-state index in [2.05, 4.69) is 10.3 Å². The molecule has 3 N–H and O–H groups in total.